The van der Waals surface area contributed by atoms with Gasteiger partial charge >= 0.3 is 0 Å². The number of anilines is 1. The van der Waals surface area contributed by atoms with Crippen molar-refractivity contribution >= 4 is 23.2 Å². The third kappa shape index (κ3) is 3.74. The van der Waals surface area contributed by atoms with Crippen LogP contribution in [0.4, 0.5) is 5.69 Å². The summed E-state index contributed by atoms with van der Waals surface area (Å²) in [5.74, 6) is 0.250. The van der Waals surface area contributed by atoms with Gasteiger partial charge in [0, 0.05) is 12.1 Å². The summed E-state index contributed by atoms with van der Waals surface area (Å²) in [5, 5.41) is 3.29. The molecule has 5 heteroatoms. The van der Waals surface area contributed by atoms with E-state index in [2.05, 4.69) is 5.32 Å². The average Bonchev–Trinajstić information content (AvgIpc) is 2.49. The SMILES string of the molecule is COc1ccc(Cl)cc1NC(=O)[C@H](OC)c1ccccc1. The summed E-state index contributed by atoms with van der Waals surface area (Å²) in [6, 6.07) is 14.3. The quantitative estimate of drug-likeness (QED) is 0.916. The van der Waals surface area contributed by atoms with Crippen molar-refractivity contribution in [2.75, 3.05) is 19.5 Å². The minimum atomic E-state index is -0.699. The number of halogens is 1. The molecule has 0 saturated carbocycles. The summed E-state index contributed by atoms with van der Waals surface area (Å²) in [7, 11) is 3.02. The molecule has 0 unspecified atom stereocenters. The fourth-order valence-corrected chi connectivity index (χ4v) is 2.17. The van der Waals surface area contributed by atoms with E-state index >= 15 is 0 Å². The number of carbonyl (C=O) groups excluding carboxylic acids is 1. The second-order valence-electron chi connectivity index (χ2n) is 4.36. The van der Waals surface area contributed by atoms with Crippen LogP contribution >= 0.6 is 11.6 Å². The lowest BCUT2D eigenvalue weighted by atomic mass is 10.1. The van der Waals surface area contributed by atoms with Crippen molar-refractivity contribution in [3.63, 3.8) is 0 Å². The Hall–Kier alpha value is -2.04. The molecule has 0 aliphatic rings. The van der Waals surface area contributed by atoms with E-state index in [4.69, 9.17) is 21.1 Å². The molecule has 1 N–H and O–H groups in total. The van der Waals surface area contributed by atoms with E-state index in [1.807, 2.05) is 30.3 Å². The highest BCUT2D eigenvalue weighted by atomic mass is 35.5. The average molecular weight is 306 g/mol. The smallest absolute Gasteiger partial charge is 0.258 e. The Bertz CT molecular complexity index is 616. The highest BCUT2D eigenvalue weighted by Gasteiger charge is 2.21. The van der Waals surface area contributed by atoms with Crippen molar-refractivity contribution in [2.24, 2.45) is 0 Å². The van der Waals surface area contributed by atoms with Crippen LogP contribution in [0.5, 0.6) is 5.75 Å². The fraction of sp³-hybridized carbons (Fsp3) is 0.188. The number of rotatable bonds is 5. The van der Waals surface area contributed by atoms with E-state index in [9.17, 15) is 4.79 Å². The summed E-state index contributed by atoms with van der Waals surface area (Å²) in [5.41, 5.74) is 1.28. The summed E-state index contributed by atoms with van der Waals surface area (Å²) in [6.07, 6.45) is -0.699. The maximum Gasteiger partial charge on any atom is 0.258 e. The number of benzene rings is 2. The predicted octanol–water partition coefficient (Wildman–Crippen LogP) is 3.67. The first kappa shape index (κ1) is 15.4. The van der Waals surface area contributed by atoms with Crippen LogP contribution in [0.3, 0.4) is 0 Å². The zero-order chi connectivity index (χ0) is 15.2. The molecule has 1 amide bonds. The van der Waals surface area contributed by atoms with Crippen LogP contribution in [-0.2, 0) is 9.53 Å². The van der Waals surface area contributed by atoms with Crippen molar-refractivity contribution in [3.8, 4) is 5.75 Å². The van der Waals surface area contributed by atoms with Gasteiger partial charge in [-0.3, -0.25) is 4.79 Å². The lowest BCUT2D eigenvalue weighted by molar-refractivity contribution is -0.126. The van der Waals surface area contributed by atoms with Crippen LogP contribution in [0, 0.1) is 0 Å². The van der Waals surface area contributed by atoms with Crippen LogP contribution in [0.25, 0.3) is 0 Å². The molecule has 4 nitrogen and oxygen atoms in total. The number of amides is 1. The topological polar surface area (TPSA) is 47.6 Å². The monoisotopic (exact) mass is 305 g/mol. The normalized spacial score (nSPS) is 11.8. The predicted molar refractivity (Wildman–Crippen MR) is 82.8 cm³/mol. The molecule has 2 aromatic rings. The van der Waals surface area contributed by atoms with Crippen LogP contribution in [-0.4, -0.2) is 20.1 Å². The molecular weight excluding hydrogens is 290 g/mol. The molecule has 0 radical (unpaired) electrons. The molecule has 0 saturated heterocycles. The Kier molecular flexibility index (Phi) is 5.20. The van der Waals surface area contributed by atoms with Crippen molar-refractivity contribution in [2.45, 2.75) is 6.10 Å². The summed E-state index contributed by atoms with van der Waals surface area (Å²) in [6.45, 7) is 0. The Morgan fingerprint density at radius 2 is 1.86 bits per heavy atom. The van der Waals surface area contributed by atoms with Gasteiger partial charge in [0.15, 0.2) is 6.10 Å². The lowest BCUT2D eigenvalue weighted by Gasteiger charge is -2.17. The Morgan fingerprint density at radius 3 is 2.48 bits per heavy atom. The lowest BCUT2D eigenvalue weighted by Crippen LogP contribution is -2.22. The zero-order valence-electron chi connectivity index (χ0n) is 11.8. The van der Waals surface area contributed by atoms with Gasteiger partial charge in [-0.1, -0.05) is 41.9 Å². The van der Waals surface area contributed by atoms with Crippen molar-refractivity contribution < 1.29 is 14.3 Å². The van der Waals surface area contributed by atoms with Crippen LogP contribution in [0.1, 0.15) is 11.7 Å². The van der Waals surface area contributed by atoms with Gasteiger partial charge in [0.2, 0.25) is 0 Å². The summed E-state index contributed by atoms with van der Waals surface area (Å²) >= 11 is 5.95. The number of nitrogens with one attached hydrogen (secondary N) is 1. The fourth-order valence-electron chi connectivity index (χ4n) is 2.00. The first-order valence-corrected chi connectivity index (χ1v) is 6.75. The van der Waals surface area contributed by atoms with E-state index in [0.717, 1.165) is 5.56 Å². The highest BCUT2D eigenvalue weighted by Crippen LogP contribution is 2.29. The van der Waals surface area contributed by atoms with Crippen molar-refractivity contribution in [3.05, 3.63) is 59.1 Å². The minimum absolute atomic E-state index is 0.288. The molecule has 110 valence electrons. The van der Waals surface area contributed by atoms with Gasteiger partial charge in [-0.25, -0.2) is 0 Å². The molecule has 1 atom stereocenters. The number of hydrogen-bond acceptors (Lipinski definition) is 3. The third-order valence-corrected chi connectivity index (χ3v) is 3.23. The summed E-state index contributed by atoms with van der Waals surface area (Å²) in [4.78, 5) is 12.4. The molecule has 0 aromatic heterocycles. The van der Waals surface area contributed by atoms with Gasteiger partial charge in [-0.05, 0) is 23.8 Å². The second kappa shape index (κ2) is 7.11. The van der Waals surface area contributed by atoms with E-state index < -0.39 is 6.10 Å². The highest BCUT2D eigenvalue weighted by molar-refractivity contribution is 6.31. The number of methoxy groups -OCH3 is 2. The number of hydrogen-bond donors (Lipinski definition) is 1. The van der Waals surface area contributed by atoms with Gasteiger partial charge in [0.25, 0.3) is 5.91 Å². The van der Waals surface area contributed by atoms with E-state index in [0.29, 0.717) is 16.5 Å². The molecule has 2 aromatic carbocycles. The maximum atomic E-state index is 12.4. The van der Waals surface area contributed by atoms with Gasteiger partial charge in [0.05, 0.1) is 12.8 Å². The zero-order valence-corrected chi connectivity index (χ0v) is 12.6. The van der Waals surface area contributed by atoms with Gasteiger partial charge in [-0.15, -0.1) is 0 Å². The molecule has 0 heterocycles. The van der Waals surface area contributed by atoms with Gasteiger partial charge < -0.3 is 14.8 Å². The largest absolute Gasteiger partial charge is 0.495 e. The Balaban J connectivity index is 2.22. The minimum Gasteiger partial charge on any atom is -0.495 e. The molecule has 21 heavy (non-hydrogen) atoms. The Morgan fingerprint density at radius 1 is 1.14 bits per heavy atom. The van der Waals surface area contributed by atoms with Crippen LogP contribution in [0.15, 0.2) is 48.5 Å². The molecule has 0 bridgehead atoms. The standard InChI is InChI=1S/C16H16ClNO3/c1-20-14-9-8-12(17)10-13(14)18-16(19)15(21-2)11-6-4-3-5-7-11/h3-10,15H,1-2H3,(H,18,19)/t15-/m1/s1. The van der Waals surface area contributed by atoms with E-state index in [1.165, 1.54) is 14.2 Å². The van der Waals surface area contributed by atoms with Crippen molar-refractivity contribution in [1.82, 2.24) is 0 Å². The van der Waals surface area contributed by atoms with Crippen molar-refractivity contribution in [1.29, 1.82) is 0 Å². The molecule has 0 fully saturated rings. The van der Waals surface area contributed by atoms with Gasteiger partial charge in [-0.2, -0.15) is 0 Å². The number of carbonyl (C=O) groups is 1. The first-order chi connectivity index (χ1) is 10.2. The third-order valence-electron chi connectivity index (χ3n) is 3.00. The van der Waals surface area contributed by atoms with Crippen LogP contribution < -0.4 is 10.1 Å². The number of ether oxygens (including phenoxy) is 2. The molecule has 2 rings (SSSR count). The first-order valence-electron chi connectivity index (χ1n) is 6.38. The molecule has 0 aliphatic heterocycles. The second-order valence-corrected chi connectivity index (χ2v) is 4.80. The Labute approximate surface area is 128 Å². The molecular formula is C16H16ClNO3. The molecule has 0 spiro atoms. The maximum absolute atomic E-state index is 12.4. The molecule has 0 aliphatic carbocycles. The summed E-state index contributed by atoms with van der Waals surface area (Å²) < 4.78 is 10.5. The van der Waals surface area contributed by atoms with E-state index in [1.54, 1.807) is 18.2 Å². The van der Waals surface area contributed by atoms with Crippen LogP contribution in [0.2, 0.25) is 5.02 Å². The van der Waals surface area contributed by atoms with Gasteiger partial charge in [0.1, 0.15) is 5.75 Å². The van der Waals surface area contributed by atoms with E-state index in [-0.39, 0.29) is 5.91 Å².